The zero-order valence-electron chi connectivity index (χ0n) is 7.83. The Morgan fingerprint density at radius 3 is 3.14 bits per heavy atom. The highest BCUT2D eigenvalue weighted by Crippen LogP contribution is 1.97. The Morgan fingerprint density at radius 2 is 2.57 bits per heavy atom. The van der Waals surface area contributed by atoms with Crippen molar-refractivity contribution in [1.82, 2.24) is 10.2 Å². The zero-order valence-corrected chi connectivity index (χ0v) is 7.83. The van der Waals surface area contributed by atoms with Crippen LogP contribution < -0.4 is 5.73 Å². The second-order valence-corrected chi connectivity index (χ2v) is 2.49. The van der Waals surface area contributed by atoms with E-state index in [1.165, 1.54) is 0 Å². The molecule has 1 aromatic rings. The molecule has 0 amide bonds. The van der Waals surface area contributed by atoms with E-state index in [0.29, 0.717) is 18.1 Å². The molecule has 0 fully saturated rings. The molecule has 5 heteroatoms. The van der Waals surface area contributed by atoms with Gasteiger partial charge in [0.2, 0.25) is 0 Å². The van der Waals surface area contributed by atoms with E-state index < -0.39 is 0 Å². The van der Waals surface area contributed by atoms with Crippen molar-refractivity contribution < 1.29 is 9.53 Å². The monoisotopic (exact) mass is 193 g/mol. The van der Waals surface area contributed by atoms with Crippen molar-refractivity contribution in [2.24, 2.45) is 0 Å². The van der Waals surface area contributed by atoms with Crippen LogP contribution in [0.4, 0.5) is 5.82 Å². The first-order valence-electron chi connectivity index (χ1n) is 4.17. The second kappa shape index (κ2) is 4.92. The van der Waals surface area contributed by atoms with Crippen LogP contribution in [0.2, 0.25) is 0 Å². The fourth-order valence-corrected chi connectivity index (χ4v) is 0.825. The smallest absolute Gasteiger partial charge is 0.317 e. The van der Waals surface area contributed by atoms with Crippen LogP contribution >= 0.6 is 0 Å². The number of carbonyl (C=O) groups is 1. The van der Waals surface area contributed by atoms with E-state index in [1.54, 1.807) is 13.0 Å². The maximum Gasteiger partial charge on any atom is 0.317 e. The number of aromatic nitrogens is 2. The van der Waals surface area contributed by atoms with Crippen LogP contribution in [0.15, 0.2) is 6.07 Å². The number of H-pyrrole nitrogens is 1. The summed E-state index contributed by atoms with van der Waals surface area (Å²) in [6, 6.07) is 1.60. The molecule has 0 aliphatic heterocycles. The van der Waals surface area contributed by atoms with Crippen molar-refractivity contribution in [3.05, 3.63) is 11.8 Å². The van der Waals surface area contributed by atoms with Crippen molar-refractivity contribution in [3.63, 3.8) is 0 Å². The van der Waals surface area contributed by atoms with Gasteiger partial charge in [-0.1, -0.05) is 5.92 Å². The minimum Gasteiger partial charge on any atom is -0.465 e. The van der Waals surface area contributed by atoms with E-state index >= 15 is 0 Å². The molecule has 0 unspecified atom stereocenters. The van der Waals surface area contributed by atoms with Crippen LogP contribution in [0.3, 0.4) is 0 Å². The minimum absolute atomic E-state index is 0.0762. The fraction of sp³-hybridized carbons (Fsp3) is 0.333. The van der Waals surface area contributed by atoms with Crippen LogP contribution in [0, 0.1) is 11.8 Å². The fourth-order valence-electron chi connectivity index (χ4n) is 0.825. The van der Waals surface area contributed by atoms with E-state index in [9.17, 15) is 4.79 Å². The molecule has 0 saturated carbocycles. The van der Waals surface area contributed by atoms with E-state index in [-0.39, 0.29) is 12.4 Å². The third kappa shape index (κ3) is 3.19. The number of nitrogen functional groups attached to an aromatic ring is 1. The van der Waals surface area contributed by atoms with Gasteiger partial charge in [0.15, 0.2) is 0 Å². The number of esters is 1. The molecule has 0 aromatic carbocycles. The first kappa shape index (κ1) is 10.1. The third-order valence-corrected chi connectivity index (χ3v) is 1.36. The Hall–Kier alpha value is -1.96. The van der Waals surface area contributed by atoms with Gasteiger partial charge >= 0.3 is 5.97 Å². The van der Waals surface area contributed by atoms with Gasteiger partial charge in [0.1, 0.15) is 17.9 Å². The average Bonchev–Trinajstić information content (AvgIpc) is 2.52. The number of anilines is 1. The summed E-state index contributed by atoms with van der Waals surface area (Å²) < 4.78 is 4.69. The minimum atomic E-state index is -0.326. The van der Waals surface area contributed by atoms with Crippen molar-refractivity contribution in [2.45, 2.75) is 13.3 Å². The van der Waals surface area contributed by atoms with Crippen LogP contribution in [0.25, 0.3) is 0 Å². The van der Waals surface area contributed by atoms with E-state index in [2.05, 4.69) is 22.0 Å². The van der Waals surface area contributed by atoms with Crippen LogP contribution in [-0.2, 0) is 9.53 Å². The molecule has 1 aromatic heterocycles. The van der Waals surface area contributed by atoms with Gasteiger partial charge in [-0.3, -0.25) is 9.89 Å². The molecular weight excluding hydrogens is 182 g/mol. The van der Waals surface area contributed by atoms with Gasteiger partial charge in [0, 0.05) is 6.07 Å². The number of nitrogens with zero attached hydrogens (tertiary/aromatic N) is 1. The van der Waals surface area contributed by atoms with Crippen LogP contribution in [-0.4, -0.2) is 22.8 Å². The molecule has 0 atom stereocenters. The number of carbonyl (C=O) groups excluding carboxylic acids is 1. The zero-order chi connectivity index (χ0) is 10.4. The predicted molar refractivity (Wildman–Crippen MR) is 51.1 cm³/mol. The van der Waals surface area contributed by atoms with Crippen LogP contribution in [0.5, 0.6) is 0 Å². The van der Waals surface area contributed by atoms with Gasteiger partial charge < -0.3 is 10.5 Å². The molecule has 3 N–H and O–H groups in total. The normalized spacial score (nSPS) is 8.93. The Bertz CT molecular complexity index is 373. The SMILES string of the molecule is CCOC(=O)CC#Cc1cc(N)n[nH]1. The Labute approximate surface area is 81.6 Å². The van der Waals surface area contributed by atoms with Crippen molar-refractivity contribution in [3.8, 4) is 11.8 Å². The summed E-state index contributed by atoms with van der Waals surface area (Å²) >= 11 is 0. The molecule has 14 heavy (non-hydrogen) atoms. The standard InChI is InChI=1S/C9H11N3O2/c1-2-14-9(13)5-3-4-7-6-8(10)12-11-7/h6H,2,5H2,1H3,(H3,10,11,12). The highest BCUT2D eigenvalue weighted by atomic mass is 16.5. The molecule has 1 rings (SSSR count). The Morgan fingerprint density at radius 1 is 1.79 bits per heavy atom. The molecule has 0 radical (unpaired) electrons. The van der Waals surface area contributed by atoms with E-state index in [1.807, 2.05) is 0 Å². The molecule has 0 aliphatic rings. The summed E-state index contributed by atoms with van der Waals surface area (Å²) in [6.07, 6.45) is 0.0762. The Kier molecular flexibility index (Phi) is 3.56. The van der Waals surface area contributed by atoms with Gasteiger partial charge in [0.05, 0.1) is 6.61 Å². The number of aromatic amines is 1. The summed E-state index contributed by atoms with van der Waals surface area (Å²) in [6.45, 7) is 2.12. The molecule has 0 spiro atoms. The lowest BCUT2D eigenvalue weighted by atomic mass is 10.3. The second-order valence-electron chi connectivity index (χ2n) is 2.49. The number of hydrogen-bond donors (Lipinski definition) is 2. The summed E-state index contributed by atoms with van der Waals surface area (Å²) in [5.74, 6) is 5.41. The highest BCUT2D eigenvalue weighted by Gasteiger charge is 1.96. The van der Waals surface area contributed by atoms with Gasteiger partial charge in [-0.25, -0.2) is 0 Å². The van der Waals surface area contributed by atoms with Gasteiger partial charge in [-0.05, 0) is 12.8 Å². The number of nitrogens with two attached hydrogens (primary N) is 1. The summed E-state index contributed by atoms with van der Waals surface area (Å²) in [5.41, 5.74) is 5.95. The largest absolute Gasteiger partial charge is 0.465 e. The van der Waals surface area contributed by atoms with Crippen molar-refractivity contribution >= 4 is 11.8 Å². The van der Waals surface area contributed by atoms with Crippen molar-refractivity contribution in [1.29, 1.82) is 0 Å². The Balaban J connectivity index is 2.44. The first-order chi connectivity index (χ1) is 6.72. The number of rotatable bonds is 2. The van der Waals surface area contributed by atoms with Crippen molar-refractivity contribution in [2.75, 3.05) is 12.3 Å². The molecular formula is C9H11N3O2. The maximum absolute atomic E-state index is 10.9. The van der Waals surface area contributed by atoms with Gasteiger partial charge in [-0.2, -0.15) is 5.10 Å². The average molecular weight is 193 g/mol. The molecule has 5 nitrogen and oxygen atoms in total. The number of ether oxygens (including phenoxy) is 1. The van der Waals surface area contributed by atoms with E-state index in [4.69, 9.17) is 10.5 Å². The van der Waals surface area contributed by atoms with Crippen LogP contribution in [0.1, 0.15) is 19.0 Å². The van der Waals surface area contributed by atoms with Gasteiger partial charge in [0.25, 0.3) is 0 Å². The van der Waals surface area contributed by atoms with Gasteiger partial charge in [-0.15, -0.1) is 0 Å². The predicted octanol–water partition coefficient (Wildman–Crippen LogP) is 0.297. The van der Waals surface area contributed by atoms with E-state index in [0.717, 1.165) is 0 Å². The summed E-state index contributed by atoms with van der Waals surface area (Å²) in [4.78, 5) is 10.9. The topological polar surface area (TPSA) is 81.0 Å². The lowest BCUT2D eigenvalue weighted by molar-refractivity contribution is -0.141. The summed E-state index contributed by atoms with van der Waals surface area (Å²) in [5, 5.41) is 6.30. The summed E-state index contributed by atoms with van der Waals surface area (Å²) in [7, 11) is 0. The molecule has 1 heterocycles. The third-order valence-electron chi connectivity index (χ3n) is 1.36. The molecule has 0 aliphatic carbocycles. The lowest BCUT2D eigenvalue weighted by Gasteiger charge is -1.94. The maximum atomic E-state index is 10.9. The molecule has 0 saturated heterocycles. The quantitative estimate of drug-likeness (QED) is 0.522. The molecule has 0 bridgehead atoms. The number of nitrogens with one attached hydrogen (secondary N) is 1. The lowest BCUT2D eigenvalue weighted by Crippen LogP contribution is -2.01. The molecule has 74 valence electrons. The first-order valence-corrected chi connectivity index (χ1v) is 4.17. The highest BCUT2D eigenvalue weighted by molar-refractivity contribution is 5.72. The number of hydrogen-bond acceptors (Lipinski definition) is 4.